The Morgan fingerprint density at radius 1 is 1.14 bits per heavy atom. The summed E-state index contributed by atoms with van der Waals surface area (Å²) in [6.45, 7) is 5.21. The number of aliphatic hydroxyl groups excluding tert-OH is 1. The molecule has 2 aliphatic rings. The first kappa shape index (κ1) is 24.8. The lowest BCUT2D eigenvalue weighted by molar-refractivity contribution is -0.140. The summed E-state index contributed by atoms with van der Waals surface area (Å²) in [5.74, 6) is -0.104. The first-order valence-electron chi connectivity index (χ1n) is 12.2. The Balaban J connectivity index is 1.73. The Bertz CT molecular complexity index is 1120. The molecule has 2 aromatic carbocycles. The van der Waals surface area contributed by atoms with E-state index in [2.05, 4.69) is 6.92 Å². The average molecular weight is 480 g/mol. The van der Waals surface area contributed by atoms with Crippen LogP contribution in [0.3, 0.4) is 0 Å². The maximum absolute atomic E-state index is 13.2. The normalized spacial score (nSPS) is 20.7. The molecule has 1 amide bonds. The molecular weight excluding hydrogens is 446 g/mol. The van der Waals surface area contributed by atoms with E-state index in [1.165, 1.54) is 4.90 Å². The topological polar surface area (TPSA) is 85.3 Å². The van der Waals surface area contributed by atoms with E-state index >= 15 is 0 Å². The molecule has 0 aromatic heterocycles. The number of carbonyl (C=O) groups is 2. The zero-order chi connectivity index (χ0) is 24.9. The number of ketones is 1. The van der Waals surface area contributed by atoms with Crippen molar-refractivity contribution >= 4 is 17.4 Å². The third-order valence-electron chi connectivity index (χ3n) is 6.44. The fourth-order valence-corrected chi connectivity index (χ4v) is 4.69. The van der Waals surface area contributed by atoms with Crippen LogP contribution in [0.1, 0.15) is 55.8 Å². The molecule has 1 N–H and O–H groups in total. The van der Waals surface area contributed by atoms with Crippen molar-refractivity contribution in [1.29, 1.82) is 0 Å². The molecule has 0 aliphatic carbocycles. The molecule has 2 heterocycles. The smallest absolute Gasteiger partial charge is 0.295 e. The molecule has 1 saturated heterocycles. The first-order chi connectivity index (χ1) is 16.9. The Labute approximate surface area is 206 Å². The van der Waals surface area contributed by atoms with Crippen molar-refractivity contribution in [1.82, 2.24) is 4.90 Å². The molecule has 1 fully saturated rings. The van der Waals surface area contributed by atoms with Gasteiger partial charge in [-0.1, -0.05) is 31.9 Å². The van der Waals surface area contributed by atoms with Crippen LogP contribution in [0.25, 0.3) is 5.76 Å². The van der Waals surface area contributed by atoms with Gasteiger partial charge in [0.15, 0.2) is 0 Å². The highest BCUT2D eigenvalue weighted by atomic mass is 16.5. The number of Topliss-reactive ketones (excluding diaryl/α,β-unsaturated/α-hetero) is 1. The van der Waals surface area contributed by atoms with Crippen LogP contribution in [0.4, 0.5) is 0 Å². The van der Waals surface area contributed by atoms with Crippen LogP contribution in [0, 0.1) is 0 Å². The Morgan fingerprint density at radius 3 is 2.74 bits per heavy atom. The fraction of sp³-hybridized carbons (Fsp3) is 0.429. The van der Waals surface area contributed by atoms with E-state index in [0.717, 1.165) is 37.0 Å². The molecule has 186 valence electrons. The zero-order valence-corrected chi connectivity index (χ0v) is 20.6. The summed E-state index contributed by atoms with van der Waals surface area (Å²) in [6, 6.07) is 12.0. The third-order valence-corrected chi connectivity index (χ3v) is 6.44. The van der Waals surface area contributed by atoms with Gasteiger partial charge in [0.2, 0.25) is 0 Å². The molecule has 35 heavy (non-hydrogen) atoms. The molecule has 2 atom stereocenters. The first-order valence-corrected chi connectivity index (χ1v) is 12.2. The molecule has 4 rings (SSSR count). The van der Waals surface area contributed by atoms with E-state index in [-0.39, 0.29) is 30.6 Å². The lowest BCUT2D eigenvalue weighted by Gasteiger charge is -2.25. The highest BCUT2D eigenvalue weighted by Crippen LogP contribution is 2.41. The maximum atomic E-state index is 13.2. The number of rotatable bonds is 10. The van der Waals surface area contributed by atoms with Crippen molar-refractivity contribution in [3.8, 4) is 11.5 Å². The number of aliphatic hydroxyl groups is 1. The number of benzene rings is 2. The molecule has 0 bridgehead atoms. The van der Waals surface area contributed by atoms with E-state index in [4.69, 9.17) is 14.2 Å². The number of ether oxygens (including phenoxy) is 3. The van der Waals surface area contributed by atoms with Crippen molar-refractivity contribution < 1.29 is 28.9 Å². The number of carbonyl (C=O) groups excluding carboxylic acids is 2. The maximum Gasteiger partial charge on any atom is 0.295 e. The van der Waals surface area contributed by atoms with Crippen LogP contribution in [-0.4, -0.2) is 54.7 Å². The second-order valence-corrected chi connectivity index (χ2v) is 9.07. The largest absolute Gasteiger partial charge is 0.507 e. The van der Waals surface area contributed by atoms with Crippen molar-refractivity contribution in [2.45, 2.75) is 51.7 Å². The van der Waals surface area contributed by atoms with Crippen molar-refractivity contribution in [3.63, 3.8) is 0 Å². The van der Waals surface area contributed by atoms with Gasteiger partial charge in [0.05, 0.1) is 24.8 Å². The highest BCUT2D eigenvalue weighted by molar-refractivity contribution is 6.46. The Morgan fingerprint density at radius 2 is 1.97 bits per heavy atom. The van der Waals surface area contributed by atoms with E-state index in [9.17, 15) is 14.7 Å². The number of hydrogen-bond donors (Lipinski definition) is 1. The van der Waals surface area contributed by atoms with Crippen LogP contribution in [-0.2, 0) is 20.7 Å². The molecule has 7 nitrogen and oxygen atoms in total. The van der Waals surface area contributed by atoms with Crippen LogP contribution < -0.4 is 9.47 Å². The second-order valence-electron chi connectivity index (χ2n) is 9.07. The molecule has 2 aromatic rings. The molecule has 7 heteroatoms. The summed E-state index contributed by atoms with van der Waals surface area (Å²) in [5.41, 5.74) is 2.23. The molecule has 2 aliphatic heterocycles. The monoisotopic (exact) mass is 479 g/mol. The molecule has 0 unspecified atom stereocenters. The van der Waals surface area contributed by atoms with Gasteiger partial charge in [-0.15, -0.1) is 0 Å². The van der Waals surface area contributed by atoms with E-state index < -0.39 is 17.7 Å². The van der Waals surface area contributed by atoms with Gasteiger partial charge >= 0.3 is 0 Å². The lowest BCUT2D eigenvalue weighted by atomic mass is 9.94. The minimum absolute atomic E-state index is 0.0575. The minimum Gasteiger partial charge on any atom is -0.507 e. The SMILES string of the molecule is CCCCCOc1cccc([C@@H]2C(=C(O)c3ccc4c(c3)C[C@H](C)O4)C(=O)C(=O)N2CCOC)c1. The van der Waals surface area contributed by atoms with Gasteiger partial charge in [-0.05, 0) is 54.8 Å². The van der Waals surface area contributed by atoms with Gasteiger partial charge in [0.1, 0.15) is 23.4 Å². The van der Waals surface area contributed by atoms with Crippen molar-refractivity contribution in [2.24, 2.45) is 0 Å². The van der Waals surface area contributed by atoms with Gasteiger partial charge in [-0.2, -0.15) is 0 Å². The van der Waals surface area contributed by atoms with Gasteiger partial charge in [0.25, 0.3) is 11.7 Å². The number of amides is 1. The zero-order valence-electron chi connectivity index (χ0n) is 20.6. The predicted molar refractivity (Wildman–Crippen MR) is 133 cm³/mol. The predicted octanol–water partition coefficient (Wildman–Crippen LogP) is 4.65. The summed E-state index contributed by atoms with van der Waals surface area (Å²) >= 11 is 0. The standard InChI is InChI=1S/C28H33NO6/c1-4-5-6-13-34-22-9-7-8-19(17-22)25-24(27(31)28(32)29(25)12-14-33-3)26(30)20-10-11-23-21(16-20)15-18(2)35-23/h7-11,16-18,25,30H,4-6,12-15H2,1-3H3/t18-,25+/m0/s1. The fourth-order valence-electron chi connectivity index (χ4n) is 4.69. The number of hydrogen-bond acceptors (Lipinski definition) is 6. The molecule has 0 saturated carbocycles. The quantitative estimate of drug-likeness (QED) is 0.231. The Hall–Kier alpha value is -3.32. The summed E-state index contributed by atoms with van der Waals surface area (Å²) < 4.78 is 16.9. The van der Waals surface area contributed by atoms with Gasteiger partial charge < -0.3 is 24.2 Å². The van der Waals surface area contributed by atoms with Gasteiger partial charge in [-0.25, -0.2) is 0 Å². The third kappa shape index (κ3) is 5.20. The second kappa shape index (κ2) is 11.0. The lowest BCUT2D eigenvalue weighted by Crippen LogP contribution is -2.32. The van der Waals surface area contributed by atoms with Crippen LogP contribution in [0.5, 0.6) is 11.5 Å². The summed E-state index contributed by atoms with van der Waals surface area (Å²) in [5, 5.41) is 11.3. The molecule has 0 radical (unpaired) electrons. The number of nitrogens with zero attached hydrogens (tertiary/aromatic N) is 1. The van der Waals surface area contributed by atoms with E-state index in [1.54, 1.807) is 19.2 Å². The number of likely N-dealkylation sites (tertiary alicyclic amines) is 1. The van der Waals surface area contributed by atoms with Crippen molar-refractivity contribution in [3.05, 3.63) is 64.7 Å². The summed E-state index contributed by atoms with van der Waals surface area (Å²) in [7, 11) is 1.55. The van der Waals surface area contributed by atoms with Gasteiger partial charge in [0, 0.05) is 25.6 Å². The summed E-state index contributed by atoms with van der Waals surface area (Å²) in [4.78, 5) is 27.7. The van der Waals surface area contributed by atoms with E-state index in [1.807, 2.05) is 37.3 Å². The number of methoxy groups -OCH3 is 1. The van der Waals surface area contributed by atoms with Gasteiger partial charge in [-0.3, -0.25) is 9.59 Å². The molecule has 0 spiro atoms. The minimum atomic E-state index is -0.743. The summed E-state index contributed by atoms with van der Waals surface area (Å²) in [6.07, 6.45) is 3.92. The Kier molecular flexibility index (Phi) is 7.76. The van der Waals surface area contributed by atoms with Crippen LogP contribution in [0.2, 0.25) is 0 Å². The average Bonchev–Trinajstić information content (AvgIpc) is 3.35. The number of unbranched alkanes of at least 4 members (excludes halogenated alkanes) is 2. The van der Waals surface area contributed by atoms with Crippen LogP contribution in [0.15, 0.2) is 48.0 Å². The van der Waals surface area contributed by atoms with Crippen molar-refractivity contribution in [2.75, 3.05) is 26.9 Å². The molecular formula is C28H33NO6. The highest BCUT2D eigenvalue weighted by Gasteiger charge is 2.46. The number of fused-ring (bicyclic) bond motifs is 1. The van der Waals surface area contributed by atoms with E-state index in [0.29, 0.717) is 23.5 Å². The van der Waals surface area contributed by atoms with Crippen LogP contribution >= 0.6 is 0 Å².